The molecule has 2 fully saturated rings. The summed E-state index contributed by atoms with van der Waals surface area (Å²) in [4.78, 5) is 40.3. The van der Waals surface area contributed by atoms with Gasteiger partial charge in [0.1, 0.15) is 0 Å². The lowest BCUT2D eigenvalue weighted by molar-refractivity contribution is -0.141. The Morgan fingerprint density at radius 2 is 2.10 bits per heavy atom. The first-order chi connectivity index (χ1) is 13.7. The summed E-state index contributed by atoms with van der Waals surface area (Å²) < 4.78 is 28.8. The van der Waals surface area contributed by atoms with Crippen LogP contribution in [0.3, 0.4) is 0 Å². The quantitative estimate of drug-likeness (QED) is 0.642. The van der Waals surface area contributed by atoms with Crippen molar-refractivity contribution in [3.8, 4) is 0 Å². The summed E-state index contributed by atoms with van der Waals surface area (Å²) in [5, 5.41) is 0. The van der Waals surface area contributed by atoms with Crippen molar-refractivity contribution < 1.29 is 27.5 Å². The Morgan fingerprint density at radius 3 is 2.69 bits per heavy atom. The highest BCUT2D eigenvalue weighted by atomic mass is 32.2. The van der Waals surface area contributed by atoms with Gasteiger partial charge in [-0.25, -0.2) is 13.2 Å². The number of hydrogen-bond acceptors (Lipinski definition) is 6. The minimum Gasteiger partial charge on any atom is -0.449 e. The van der Waals surface area contributed by atoms with Crippen LogP contribution in [0.2, 0.25) is 0 Å². The number of hydrogen-bond donors (Lipinski definition) is 0. The molecule has 2 aliphatic rings. The summed E-state index contributed by atoms with van der Waals surface area (Å²) in [5.74, 6) is -1.04. The average Bonchev–Trinajstić information content (AvgIpc) is 3.27. The molecule has 0 bridgehead atoms. The van der Waals surface area contributed by atoms with E-state index in [0.717, 1.165) is 6.42 Å². The number of benzene rings is 1. The van der Waals surface area contributed by atoms with E-state index in [4.69, 9.17) is 4.74 Å². The van der Waals surface area contributed by atoms with Crippen LogP contribution < -0.4 is 4.90 Å². The van der Waals surface area contributed by atoms with E-state index in [2.05, 4.69) is 0 Å². The highest BCUT2D eigenvalue weighted by Crippen LogP contribution is 2.23. The van der Waals surface area contributed by atoms with Gasteiger partial charge in [-0.05, 0) is 44.9 Å². The molecule has 0 spiro atoms. The van der Waals surface area contributed by atoms with Crippen molar-refractivity contribution in [1.82, 2.24) is 4.90 Å². The normalized spacial score (nSPS) is 21.8. The second kappa shape index (κ2) is 8.52. The number of rotatable bonds is 6. The molecule has 2 amide bonds. The number of nitrogens with zero attached hydrogens (tertiary/aromatic N) is 2. The lowest BCUT2D eigenvalue weighted by Gasteiger charge is -2.29. The van der Waals surface area contributed by atoms with Gasteiger partial charge in [-0.3, -0.25) is 9.59 Å². The summed E-state index contributed by atoms with van der Waals surface area (Å²) in [6.07, 6.45) is 0.629. The van der Waals surface area contributed by atoms with E-state index in [0.29, 0.717) is 31.6 Å². The molecule has 0 aliphatic carbocycles. The number of anilines is 1. The monoisotopic (exact) mass is 422 g/mol. The third kappa shape index (κ3) is 4.77. The summed E-state index contributed by atoms with van der Waals surface area (Å²) in [7, 11) is -3.13. The number of carbonyl (C=O) groups excluding carboxylic acids is 3. The van der Waals surface area contributed by atoms with E-state index in [1.807, 2.05) is 0 Å². The third-order valence-corrected chi connectivity index (χ3v) is 7.12. The molecule has 0 saturated carbocycles. The highest BCUT2D eigenvalue weighted by molar-refractivity contribution is 7.91. The van der Waals surface area contributed by atoms with Crippen LogP contribution in [0.1, 0.15) is 43.5 Å². The summed E-state index contributed by atoms with van der Waals surface area (Å²) in [6.45, 7) is 4.21. The predicted molar refractivity (Wildman–Crippen MR) is 107 cm³/mol. The molecule has 0 N–H and O–H groups in total. The second-order valence-electron chi connectivity index (χ2n) is 7.43. The Bertz CT molecular complexity index is 913. The Hall–Kier alpha value is -2.42. The van der Waals surface area contributed by atoms with Crippen molar-refractivity contribution in [2.24, 2.45) is 0 Å². The van der Waals surface area contributed by atoms with Gasteiger partial charge in [0.25, 0.3) is 5.91 Å². The fraction of sp³-hybridized carbons (Fsp3) is 0.550. The van der Waals surface area contributed by atoms with Crippen LogP contribution in [0.25, 0.3) is 0 Å². The topological polar surface area (TPSA) is 101 Å². The number of sulfone groups is 1. The van der Waals surface area contributed by atoms with E-state index >= 15 is 0 Å². The molecule has 2 heterocycles. The Labute approximate surface area is 170 Å². The lowest BCUT2D eigenvalue weighted by atomic mass is 10.1. The molecule has 1 aromatic rings. The van der Waals surface area contributed by atoms with Crippen molar-refractivity contribution in [3.63, 3.8) is 0 Å². The highest BCUT2D eigenvalue weighted by Gasteiger charge is 2.36. The number of esters is 1. The Balaban J connectivity index is 1.66. The molecule has 158 valence electrons. The van der Waals surface area contributed by atoms with Crippen molar-refractivity contribution in [3.05, 3.63) is 29.8 Å². The molecule has 9 heteroatoms. The Morgan fingerprint density at radius 1 is 1.34 bits per heavy atom. The van der Waals surface area contributed by atoms with Gasteiger partial charge in [0.05, 0.1) is 17.1 Å². The maximum atomic E-state index is 12.8. The molecule has 0 unspecified atom stereocenters. The van der Waals surface area contributed by atoms with Gasteiger partial charge in [0, 0.05) is 31.2 Å². The van der Waals surface area contributed by atoms with Crippen LogP contribution in [0, 0.1) is 0 Å². The van der Waals surface area contributed by atoms with Gasteiger partial charge < -0.3 is 14.5 Å². The van der Waals surface area contributed by atoms with Gasteiger partial charge in [-0.2, -0.15) is 0 Å². The van der Waals surface area contributed by atoms with Gasteiger partial charge in [-0.1, -0.05) is 6.07 Å². The predicted octanol–water partition coefficient (Wildman–Crippen LogP) is 1.39. The van der Waals surface area contributed by atoms with Crippen molar-refractivity contribution in [2.45, 2.75) is 45.3 Å². The molecule has 8 nitrogen and oxygen atoms in total. The van der Waals surface area contributed by atoms with Crippen molar-refractivity contribution in [2.75, 3.05) is 29.5 Å². The van der Waals surface area contributed by atoms with Gasteiger partial charge >= 0.3 is 5.97 Å². The maximum absolute atomic E-state index is 12.8. The van der Waals surface area contributed by atoms with Crippen LogP contribution in [0.15, 0.2) is 24.3 Å². The van der Waals surface area contributed by atoms with E-state index < -0.39 is 27.8 Å². The van der Waals surface area contributed by atoms with E-state index in [1.165, 1.54) is 11.8 Å². The molecule has 2 atom stereocenters. The Kier molecular flexibility index (Phi) is 6.26. The van der Waals surface area contributed by atoms with Gasteiger partial charge in [0.2, 0.25) is 5.91 Å². The molecule has 29 heavy (non-hydrogen) atoms. The fourth-order valence-corrected chi connectivity index (χ4v) is 5.58. The van der Waals surface area contributed by atoms with Crippen LogP contribution in [-0.2, 0) is 24.2 Å². The zero-order chi connectivity index (χ0) is 21.2. The number of ether oxygens (including phenoxy) is 1. The first-order valence-electron chi connectivity index (χ1n) is 9.84. The van der Waals surface area contributed by atoms with Gasteiger partial charge in [0.15, 0.2) is 15.9 Å². The molecule has 2 aliphatic heterocycles. The average molecular weight is 423 g/mol. The number of likely N-dealkylation sites (N-methyl/N-ethyl adjacent to an activating group) is 1. The van der Waals surface area contributed by atoms with Gasteiger partial charge in [-0.15, -0.1) is 0 Å². The molecule has 2 saturated heterocycles. The lowest BCUT2D eigenvalue weighted by Crippen LogP contribution is -2.46. The molecule has 0 radical (unpaired) electrons. The zero-order valence-electron chi connectivity index (χ0n) is 16.7. The summed E-state index contributed by atoms with van der Waals surface area (Å²) >= 11 is 0. The van der Waals surface area contributed by atoms with Crippen LogP contribution in [0.5, 0.6) is 0 Å². The number of carbonyl (C=O) groups is 3. The first kappa shape index (κ1) is 21.3. The maximum Gasteiger partial charge on any atom is 0.338 e. The zero-order valence-corrected chi connectivity index (χ0v) is 17.5. The largest absolute Gasteiger partial charge is 0.449 e. The van der Waals surface area contributed by atoms with E-state index in [1.54, 1.807) is 36.1 Å². The molecular formula is C20H26N2O6S. The fourth-order valence-electron chi connectivity index (χ4n) is 3.85. The molecular weight excluding hydrogens is 396 g/mol. The SMILES string of the molecule is CCN(C(=O)[C@H](C)OC(=O)c1cccc(N2CCCC2=O)c1)[C@@H]1CCS(=O)(=O)C1. The van der Waals surface area contributed by atoms with Crippen LogP contribution in [-0.4, -0.2) is 67.8 Å². The smallest absolute Gasteiger partial charge is 0.338 e. The minimum atomic E-state index is -3.13. The molecule has 0 aromatic heterocycles. The first-order valence-corrected chi connectivity index (χ1v) is 11.7. The number of amides is 2. The molecule has 3 rings (SSSR count). The van der Waals surface area contributed by atoms with Crippen molar-refractivity contribution >= 4 is 33.3 Å². The second-order valence-corrected chi connectivity index (χ2v) is 9.66. The summed E-state index contributed by atoms with van der Waals surface area (Å²) in [6, 6.07) is 6.21. The van der Waals surface area contributed by atoms with Crippen molar-refractivity contribution in [1.29, 1.82) is 0 Å². The molecule has 1 aromatic carbocycles. The standard InChI is InChI=1S/C20H26N2O6S/c1-3-21(17-9-11-29(26,27)13-17)19(24)14(2)28-20(25)15-6-4-7-16(12-15)22-10-5-8-18(22)23/h4,6-7,12,14,17H,3,5,8-11,13H2,1-2H3/t14-,17+/m0/s1. The van der Waals surface area contributed by atoms with E-state index in [-0.39, 0.29) is 29.0 Å². The van der Waals surface area contributed by atoms with E-state index in [9.17, 15) is 22.8 Å². The summed E-state index contributed by atoms with van der Waals surface area (Å²) in [5.41, 5.74) is 0.889. The van der Waals surface area contributed by atoms with Crippen LogP contribution in [0.4, 0.5) is 5.69 Å². The third-order valence-electron chi connectivity index (χ3n) is 5.37. The minimum absolute atomic E-state index is 0.0177. The van der Waals surface area contributed by atoms with Crippen LogP contribution >= 0.6 is 0 Å².